The molecule has 22 heavy (non-hydrogen) atoms. The third-order valence-corrected chi connectivity index (χ3v) is 4.91. The van der Waals surface area contributed by atoms with E-state index in [1.54, 1.807) is 24.2 Å². The third kappa shape index (κ3) is 3.62. The van der Waals surface area contributed by atoms with Gasteiger partial charge in [0.2, 0.25) is 5.91 Å². The van der Waals surface area contributed by atoms with Gasteiger partial charge in [0.05, 0.1) is 17.3 Å². The third-order valence-electron chi connectivity index (χ3n) is 4.71. The number of ether oxygens (including phenoxy) is 1. The van der Waals surface area contributed by atoms with Gasteiger partial charge in [0, 0.05) is 38.5 Å². The lowest BCUT2D eigenvalue weighted by atomic mass is 10.1. The van der Waals surface area contributed by atoms with Crippen molar-refractivity contribution in [1.82, 2.24) is 20.0 Å². The molecule has 1 N–H and O–H groups in total. The summed E-state index contributed by atoms with van der Waals surface area (Å²) in [6.07, 6.45) is 7.98. The topological polar surface area (TPSA) is 59.4 Å². The van der Waals surface area contributed by atoms with Crippen molar-refractivity contribution in [2.24, 2.45) is 0 Å². The second-order valence-electron chi connectivity index (χ2n) is 6.17. The molecule has 0 bridgehead atoms. The second-order valence-corrected chi connectivity index (χ2v) is 6.61. The molecule has 2 aliphatic rings. The molecule has 7 heteroatoms. The van der Waals surface area contributed by atoms with Crippen molar-refractivity contribution in [3.05, 3.63) is 17.4 Å². The molecule has 6 nitrogen and oxygen atoms in total. The predicted molar refractivity (Wildman–Crippen MR) is 83.8 cm³/mol. The summed E-state index contributed by atoms with van der Waals surface area (Å²) >= 11 is 5.82. The monoisotopic (exact) mass is 326 g/mol. The zero-order valence-corrected chi connectivity index (χ0v) is 13.6. The molecule has 1 saturated heterocycles. The number of carbonyl (C=O) groups is 1. The molecule has 0 radical (unpaired) electrons. The maximum atomic E-state index is 12.2. The van der Waals surface area contributed by atoms with Gasteiger partial charge in [0.15, 0.2) is 0 Å². The van der Waals surface area contributed by atoms with Crippen LogP contribution >= 0.6 is 11.6 Å². The molecule has 2 fully saturated rings. The first kappa shape index (κ1) is 15.8. The van der Waals surface area contributed by atoms with Crippen LogP contribution in [0.1, 0.15) is 25.7 Å². The van der Waals surface area contributed by atoms with Crippen LogP contribution < -0.4 is 5.32 Å². The zero-order chi connectivity index (χ0) is 15.5. The van der Waals surface area contributed by atoms with Crippen LogP contribution in [0, 0.1) is 0 Å². The Morgan fingerprint density at radius 2 is 2.36 bits per heavy atom. The van der Waals surface area contributed by atoms with Crippen molar-refractivity contribution in [2.45, 2.75) is 50.4 Å². The van der Waals surface area contributed by atoms with E-state index < -0.39 is 0 Å². The first-order valence-corrected chi connectivity index (χ1v) is 8.27. The summed E-state index contributed by atoms with van der Waals surface area (Å²) in [4.78, 5) is 14.7. The number of methoxy groups -OCH3 is 1. The minimum absolute atomic E-state index is 0.000782. The normalized spacial score (nSPS) is 29.1. The van der Waals surface area contributed by atoms with Gasteiger partial charge < -0.3 is 10.1 Å². The average molecular weight is 327 g/mol. The SMILES string of the molecule is COC1CCN([C@H]2CCC[C@H]2NC(=O)Cn2cc(Cl)cn2)C1. The summed E-state index contributed by atoms with van der Waals surface area (Å²) < 4.78 is 7.01. The highest BCUT2D eigenvalue weighted by atomic mass is 35.5. The van der Waals surface area contributed by atoms with Gasteiger partial charge in [-0.3, -0.25) is 14.4 Å². The molecule has 0 aromatic carbocycles. The van der Waals surface area contributed by atoms with Gasteiger partial charge in [-0.05, 0) is 25.7 Å². The van der Waals surface area contributed by atoms with Crippen molar-refractivity contribution < 1.29 is 9.53 Å². The van der Waals surface area contributed by atoms with Gasteiger partial charge in [-0.2, -0.15) is 5.10 Å². The van der Waals surface area contributed by atoms with Crippen molar-refractivity contribution in [3.63, 3.8) is 0 Å². The molecular formula is C15H23ClN4O2. The van der Waals surface area contributed by atoms with Crippen molar-refractivity contribution in [3.8, 4) is 0 Å². The van der Waals surface area contributed by atoms with Crippen LogP contribution in [0.25, 0.3) is 0 Å². The summed E-state index contributed by atoms with van der Waals surface area (Å²) in [5.41, 5.74) is 0. The maximum Gasteiger partial charge on any atom is 0.242 e. The largest absolute Gasteiger partial charge is 0.380 e. The Balaban J connectivity index is 1.53. The molecule has 2 heterocycles. The van der Waals surface area contributed by atoms with Crippen LogP contribution in [0.5, 0.6) is 0 Å². The van der Waals surface area contributed by atoms with E-state index >= 15 is 0 Å². The first-order valence-electron chi connectivity index (χ1n) is 7.90. The minimum atomic E-state index is -0.000782. The van der Waals surface area contributed by atoms with Gasteiger partial charge in [0.1, 0.15) is 6.54 Å². The number of halogens is 1. The molecule has 0 spiro atoms. The molecule has 1 saturated carbocycles. The summed E-state index contributed by atoms with van der Waals surface area (Å²) in [5.74, 6) is -0.000782. The van der Waals surface area contributed by atoms with Crippen LogP contribution in [-0.2, 0) is 16.1 Å². The number of hydrogen-bond donors (Lipinski definition) is 1. The number of aromatic nitrogens is 2. The van der Waals surface area contributed by atoms with E-state index in [4.69, 9.17) is 16.3 Å². The van der Waals surface area contributed by atoms with E-state index in [0.29, 0.717) is 17.2 Å². The Hall–Kier alpha value is -1.11. The summed E-state index contributed by atoms with van der Waals surface area (Å²) in [7, 11) is 1.78. The van der Waals surface area contributed by atoms with Gasteiger partial charge in [-0.25, -0.2) is 0 Å². The Bertz CT molecular complexity index is 521. The molecule has 1 aromatic heterocycles. The van der Waals surface area contributed by atoms with Crippen LogP contribution in [0.3, 0.4) is 0 Å². The number of carbonyl (C=O) groups excluding carboxylic acids is 1. The second kappa shape index (κ2) is 6.98. The highest BCUT2D eigenvalue weighted by molar-refractivity contribution is 6.30. The molecule has 1 aliphatic heterocycles. The van der Waals surface area contributed by atoms with E-state index in [1.165, 1.54) is 0 Å². The van der Waals surface area contributed by atoms with E-state index in [1.807, 2.05) is 0 Å². The van der Waals surface area contributed by atoms with Crippen molar-refractivity contribution in [2.75, 3.05) is 20.2 Å². The summed E-state index contributed by atoms with van der Waals surface area (Å²) in [6, 6.07) is 0.666. The number of rotatable bonds is 5. The first-order chi connectivity index (χ1) is 10.7. The minimum Gasteiger partial charge on any atom is -0.380 e. The number of likely N-dealkylation sites (tertiary alicyclic amines) is 1. The van der Waals surface area contributed by atoms with Crippen LogP contribution in [0.4, 0.5) is 0 Å². The molecular weight excluding hydrogens is 304 g/mol. The number of hydrogen-bond acceptors (Lipinski definition) is 4. The van der Waals surface area contributed by atoms with Crippen molar-refractivity contribution in [1.29, 1.82) is 0 Å². The molecule has 3 atom stereocenters. The molecule has 1 aliphatic carbocycles. The van der Waals surface area contributed by atoms with Crippen LogP contribution in [-0.4, -0.2) is 59.0 Å². The standard InChI is InChI=1S/C15H23ClN4O2/c1-22-12-5-6-19(9-12)14-4-2-3-13(14)18-15(21)10-20-8-11(16)7-17-20/h7-8,12-14H,2-6,9-10H2,1H3,(H,18,21)/t12?,13-,14+/m1/s1. The van der Waals surface area contributed by atoms with Crippen molar-refractivity contribution >= 4 is 17.5 Å². The van der Waals surface area contributed by atoms with E-state index in [9.17, 15) is 4.79 Å². The quantitative estimate of drug-likeness (QED) is 0.886. The van der Waals surface area contributed by atoms with E-state index in [-0.39, 0.29) is 18.5 Å². The zero-order valence-electron chi connectivity index (χ0n) is 12.9. The lowest BCUT2D eigenvalue weighted by Gasteiger charge is -2.30. The Labute approximate surface area is 135 Å². The van der Waals surface area contributed by atoms with Gasteiger partial charge in [-0.15, -0.1) is 0 Å². The fourth-order valence-electron chi connectivity index (χ4n) is 3.62. The fourth-order valence-corrected chi connectivity index (χ4v) is 3.77. The van der Waals surface area contributed by atoms with E-state index in [2.05, 4.69) is 15.3 Å². The predicted octanol–water partition coefficient (Wildman–Crippen LogP) is 1.29. The summed E-state index contributed by atoms with van der Waals surface area (Å²) in [5, 5.41) is 7.77. The Morgan fingerprint density at radius 1 is 1.50 bits per heavy atom. The highest BCUT2D eigenvalue weighted by Gasteiger charge is 2.36. The lowest BCUT2D eigenvalue weighted by Crippen LogP contribution is -2.49. The highest BCUT2D eigenvalue weighted by Crippen LogP contribution is 2.28. The van der Waals surface area contributed by atoms with Gasteiger partial charge in [0.25, 0.3) is 0 Å². The van der Waals surface area contributed by atoms with Crippen LogP contribution in [0.15, 0.2) is 12.4 Å². The smallest absolute Gasteiger partial charge is 0.242 e. The Kier molecular flexibility index (Phi) is 5.00. The summed E-state index contributed by atoms with van der Waals surface area (Å²) in [6.45, 7) is 2.25. The van der Waals surface area contributed by atoms with E-state index in [0.717, 1.165) is 38.8 Å². The maximum absolute atomic E-state index is 12.2. The molecule has 1 amide bonds. The molecule has 1 aromatic rings. The number of nitrogens with zero attached hydrogens (tertiary/aromatic N) is 3. The molecule has 122 valence electrons. The number of nitrogens with one attached hydrogen (secondary N) is 1. The molecule has 1 unspecified atom stereocenters. The van der Waals surface area contributed by atoms with Gasteiger partial charge in [-0.1, -0.05) is 11.6 Å². The number of amides is 1. The molecule has 3 rings (SSSR count). The average Bonchev–Trinajstić information content (AvgIpc) is 3.19. The van der Waals surface area contributed by atoms with Crippen LogP contribution in [0.2, 0.25) is 5.02 Å². The van der Waals surface area contributed by atoms with Gasteiger partial charge >= 0.3 is 0 Å². The lowest BCUT2D eigenvalue weighted by molar-refractivity contribution is -0.122. The fraction of sp³-hybridized carbons (Fsp3) is 0.733. The Morgan fingerprint density at radius 3 is 3.05 bits per heavy atom.